The van der Waals surface area contributed by atoms with Crippen LogP contribution in [0.3, 0.4) is 0 Å². The van der Waals surface area contributed by atoms with Crippen molar-refractivity contribution in [1.82, 2.24) is 0 Å². The summed E-state index contributed by atoms with van der Waals surface area (Å²) in [7, 11) is -3.73. The van der Waals surface area contributed by atoms with Crippen LogP contribution in [0.25, 0.3) is 0 Å². The van der Waals surface area contributed by atoms with Crippen LogP contribution in [0.1, 0.15) is 27.1 Å². The van der Waals surface area contributed by atoms with Gasteiger partial charge in [-0.05, 0) is 36.4 Å². The topological polar surface area (TPSA) is 121 Å². The monoisotopic (exact) mass is 408 g/mol. The molecular weight excluding hydrogens is 396 g/mol. The van der Waals surface area contributed by atoms with Gasteiger partial charge in [-0.1, -0.05) is 17.7 Å². The molecule has 1 heterocycles. The van der Waals surface area contributed by atoms with Crippen LogP contribution in [0.2, 0.25) is 5.02 Å². The number of carbonyl (C=O) groups excluding carboxylic acids is 2. The second kappa shape index (κ2) is 7.01. The Bertz CT molecular complexity index is 1070. The Morgan fingerprint density at radius 1 is 1.15 bits per heavy atom. The molecule has 0 unspecified atom stereocenters. The summed E-state index contributed by atoms with van der Waals surface area (Å²) in [4.78, 5) is 35.2. The first kappa shape index (κ1) is 18.9. The van der Waals surface area contributed by atoms with Gasteiger partial charge in [-0.3, -0.25) is 9.59 Å². The Morgan fingerprint density at radius 3 is 2.48 bits per heavy atom. The number of halogens is 1. The molecule has 10 heteroatoms. The zero-order valence-electron chi connectivity index (χ0n) is 13.7. The second-order valence-corrected chi connectivity index (χ2v) is 8.07. The van der Waals surface area contributed by atoms with Gasteiger partial charge in [0, 0.05) is 12.1 Å². The minimum absolute atomic E-state index is 0.00648. The van der Waals surface area contributed by atoms with Crippen molar-refractivity contribution in [2.75, 3.05) is 15.4 Å². The summed E-state index contributed by atoms with van der Waals surface area (Å²) < 4.78 is 24.6. The van der Waals surface area contributed by atoms with Gasteiger partial charge in [0.1, 0.15) is 0 Å². The van der Waals surface area contributed by atoms with Gasteiger partial charge in [0.05, 0.1) is 27.6 Å². The number of carboxylic acids is 1. The van der Waals surface area contributed by atoms with E-state index in [0.717, 1.165) is 0 Å². The Labute approximate surface area is 159 Å². The van der Waals surface area contributed by atoms with Crippen molar-refractivity contribution < 1.29 is 27.9 Å². The maximum Gasteiger partial charge on any atom is 0.335 e. The lowest BCUT2D eigenvalue weighted by Gasteiger charge is -2.16. The number of aromatic carboxylic acids is 1. The van der Waals surface area contributed by atoms with Crippen LogP contribution in [-0.4, -0.2) is 37.1 Å². The van der Waals surface area contributed by atoms with Crippen molar-refractivity contribution in [3.63, 3.8) is 0 Å². The zero-order valence-corrected chi connectivity index (χ0v) is 15.2. The number of carbonyl (C=O) groups is 3. The molecule has 1 aliphatic heterocycles. The lowest BCUT2D eigenvalue weighted by molar-refractivity contribution is -0.116. The first-order valence-electron chi connectivity index (χ1n) is 7.69. The molecule has 0 saturated carbocycles. The lowest BCUT2D eigenvalue weighted by atomic mass is 10.1. The summed E-state index contributed by atoms with van der Waals surface area (Å²) in [5.41, 5.74) is 0.376. The number of benzene rings is 2. The maximum atomic E-state index is 12.4. The lowest BCUT2D eigenvalue weighted by Crippen LogP contribution is -2.29. The molecule has 140 valence electrons. The quantitative estimate of drug-likeness (QED) is 0.801. The average Bonchev–Trinajstić information content (AvgIpc) is 2.87. The first-order valence-corrected chi connectivity index (χ1v) is 9.68. The zero-order chi connectivity index (χ0) is 19.8. The normalized spacial score (nSPS) is 15.6. The standard InChI is InChI=1S/C17H13ClN2O6S/c18-14-9-12(20-15(21)6-7-27(20,25)26)4-5-13(14)16(22)19-11-3-1-2-10(8-11)17(23)24/h1-5,8-9H,6-7H2,(H,19,22)(H,23,24). The van der Waals surface area contributed by atoms with E-state index in [1.54, 1.807) is 0 Å². The highest BCUT2D eigenvalue weighted by Gasteiger charge is 2.36. The summed E-state index contributed by atoms with van der Waals surface area (Å²) >= 11 is 6.10. The Hall–Kier alpha value is -2.91. The molecule has 1 aliphatic rings. The van der Waals surface area contributed by atoms with E-state index >= 15 is 0 Å². The van der Waals surface area contributed by atoms with Gasteiger partial charge in [-0.15, -0.1) is 0 Å². The molecule has 2 aromatic carbocycles. The van der Waals surface area contributed by atoms with Crippen molar-refractivity contribution in [3.05, 3.63) is 58.6 Å². The highest BCUT2D eigenvalue weighted by atomic mass is 35.5. The van der Waals surface area contributed by atoms with Gasteiger partial charge in [0.2, 0.25) is 15.9 Å². The molecule has 27 heavy (non-hydrogen) atoms. The summed E-state index contributed by atoms with van der Waals surface area (Å²) in [5, 5.41) is 11.5. The molecule has 1 saturated heterocycles. The van der Waals surface area contributed by atoms with Crippen LogP contribution in [0, 0.1) is 0 Å². The van der Waals surface area contributed by atoms with E-state index in [4.69, 9.17) is 16.7 Å². The molecular formula is C17H13ClN2O6S. The third-order valence-electron chi connectivity index (χ3n) is 3.88. The predicted octanol–water partition coefficient (Wildman–Crippen LogP) is 2.36. The molecule has 3 rings (SSSR count). The largest absolute Gasteiger partial charge is 0.478 e. The van der Waals surface area contributed by atoms with Gasteiger partial charge in [-0.25, -0.2) is 17.5 Å². The maximum absolute atomic E-state index is 12.4. The third-order valence-corrected chi connectivity index (χ3v) is 5.88. The average molecular weight is 409 g/mol. The number of hydrogen-bond donors (Lipinski definition) is 2. The highest BCUT2D eigenvalue weighted by Crippen LogP contribution is 2.29. The van der Waals surface area contributed by atoms with E-state index in [1.807, 2.05) is 0 Å². The second-order valence-electron chi connectivity index (χ2n) is 5.73. The molecule has 2 amide bonds. The Kier molecular flexibility index (Phi) is 4.90. The molecule has 8 nitrogen and oxygen atoms in total. The van der Waals surface area contributed by atoms with Crippen LogP contribution >= 0.6 is 11.6 Å². The number of anilines is 2. The van der Waals surface area contributed by atoms with Crippen molar-refractivity contribution >= 4 is 50.8 Å². The van der Waals surface area contributed by atoms with Crippen LogP contribution in [-0.2, 0) is 14.8 Å². The molecule has 0 atom stereocenters. The molecule has 0 bridgehead atoms. The van der Waals surface area contributed by atoms with Gasteiger partial charge >= 0.3 is 5.97 Å². The van der Waals surface area contributed by atoms with E-state index in [-0.39, 0.29) is 39.7 Å². The van der Waals surface area contributed by atoms with Crippen LogP contribution in [0.15, 0.2) is 42.5 Å². The first-order chi connectivity index (χ1) is 12.7. The Morgan fingerprint density at radius 2 is 1.89 bits per heavy atom. The summed E-state index contributed by atoms with van der Waals surface area (Å²) in [5.74, 6) is -2.57. The number of amides is 2. The molecule has 0 aromatic heterocycles. The molecule has 2 N–H and O–H groups in total. The third kappa shape index (κ3) is 3.79. The predicted molar refractivity (Wildman–Crippen MR) is 98.7 cm³/mol. The summed E-state index contributed by atoms with van der Waals surface area (Å²) in [6.45, 7) is 0. The van der Waals surface area contributed by atoms with E-state index < -0.39 is 27.8 Å². The highest BCUT2D eigenvalue weighted by molar-refractivity contribution is 7.94. The van der Waals surface area contributed by atoms with Crippen LogP contribution in [0.4, 0.5) is 11.4 Å². The Balaban J connectivity index is 1.86. The molecule has 0 aliphatic carbocycles. The number of hydrogen-bond acceptors (Lipinski definition) is 5. The van der Waals surface area contributed by atoms with Gasteiger partial charge < -0.3 is 10.4 Å². The SMILES string of the molecule is O=C(O)c1cccc(NC(=O)c2ccc(N3C(=O)CCS3(=O)=O)cc2Cl)c1. The number of nitrogens with zero attached hydrogens (tertiary/aromatic N) is 1. The van der Waals surface area contributed by atoms with E-state index in [1.165, 1.54) is 42.5 Å². The van der Waals surface area contributed by atoms with Gasteiger partial charge in [0.15, 0.2) is 0 Å². The molecule has 1 fully saturated rings. The van der Waals surface area contributed by atoms with Gasteiger partial charge in [0.25, 0.3) is 5.91 Å². The van der Waals surface area contributed by atoms with Crippen molar-refractivity contribution in [3.8, 4) is 0 Å². The minimum atomic E-state index is -3.73. The van der Waals surface area contributed by atoms with E-state index in [0.29, 0.717) is 4.31 Å². The minimum Gasteiger partial charge on any atom is -0.478 e. The molecule has 0 spiro atoms. The van der Waals surface area contributed by atoms with Crippen molar-refractivity contribution in [2.45, 2.75) is 6.42 Å². The summed E-state index contributed by atoms with van der Waals surface area (Å²) in [6, 6.07) is 9.51. The summed E-state index contributed by atoms with van der Waals surface area (Å²) in [6.07, 6.45) is -0.109. The van der Waals surface area contributed by atoms with E-state index in [2.05, 4.69) is 5.32 Å². The fourth-order valence-electron chi connectivity index (χ4n) is 2.61. The molecule has 2 aromatic rings. The van der Waals surface area contributed by atoms with Gasteiger partial charge in [-0.2, -0.15) is 0 Å². The molecule has 0 radical (unpaired) electrons. The van der Waals surface area contributed by atoms with E-state index in [9.17, 15) is 22.8 Å². The fraction of sp³-hybridized carbons (Fsp3) is 0.118. The number of rotatable bonds is 4. The number of carboxylic acid groups (broad SMARTS) is 1. The van der Waals surface area contributed by atoms with Crippen molar-refractivity contribution in [2.24, 2.45) is 0 Å². The van der Waals surface area contributed by atoms with Crippen molar-refractivity contribution in [1.29, 1.82) is 0 Å². The number of sulfonamides is 1. The number of nitrogens with one attached hydrogen (secondary N) is 1. The van der Waals surface area contributed by atoms with Crippen LogP contribution in [0.5, 0.6) is 0 Å². The fourth-order valence-corrected chi connectivity index (χ4v) is 4.32. The van der Waals surface area contributed by atoms with Crippen LogP contribution < -0.4 is 9.62 Å². The smallest absolute Gasteiger partial charge is 0.335 e.